The van der Waals surface area contributed by atoms with Crippen LogP contribution in [0.1, 0.15) is 26.3 Å². The largest absolute Gasteiger partial charge is 0.508 e. The zero-order valence-electron chi connectivity index (χ0n) is 13.1. The fraction of sp³-hybridized carbons (Fsp3) is 0.467. The molecule has 1 aliphatic heterocycles. The van der Waals surface area contributed by atoms with Crippen molar-refractivity contribution in [1.82, 2.24) is 9.62 Å². The number of nitrogens with zero attached hydrogens (tertiary/aromatic N) is 1. The van der Waals surface area contributed by atoms with E-state index in [4.69, 9.17) is 0 Å². The Labute approximate surface area is 130 Å². The second-order valence-electron chi connectivity index (χ2n) is 6.37. The number of sulfonamides is 1. The predicted molar refractivity (Wildman–Crippen MR) is 83.3 cm³/mol. The summed E-state index contributed by atoms with van der Waals surface area (Å²) in [6, 6.07) is 3.71. The predicted octanol–water partition coefficient (Wildman–Crippen LogP) is 1.90. The molecule has 1 atom stereocenters. The Morgan fingerprint density at radius 2 is 1.95 bits per heavy atom. The lowest BCUT2D eigenvalue weighted by Gasteiger charge is -2.33. The molecule has 0 spiro atoms. The summed E-state index contributed by atoms with van der Waals surface area (Å²) >= 11 is 0. The lowest BCUT2D eigenvalue weighted by atomic mass is 9.90. The van der Waals surface area contributed by atoms with Gasteiger partial charge in [0.25, 0.3) is 0 Å². The van der Waals surface area contributed by atoms with Gasteiger partial charge in [0.15, 0.2) is 0 Å². The minimum Gasteiger partial charge on any atom is -0.508 e. The van der Waals surface area contributed by atoms with Gasteiger partial charge >= 0.3 is 0 Å². The van der Waals surface area contributed by atoms with E-state index in [9.17, 15) is 17.9 Å². The van der Waals surface area contributed by atoms with Crippen LogP contribution in [0.2, 0.25) is 0 Å². The Kier molecular flexibility index (Phi) is 3.78. The van der Waals surface area contributed by atoms with E-state index in [0.717, 1.165) is 6.07 Å². The van der Waals surface area contributed by atoms with Gasteiger partial charge in [-0.05, 0) is 39.0 Å². The van der Waals surface area contributed by atoms with Gasteiger partial charge in [-0.3, -0.25) is 0 Å². The zero-order chi connectivity index (χ0) is 16.9. The summed E-state index contributed by atoms with van der Waals surface area (Å²) in [5.41, 5.74) is -0.578. The fourth-order valence-corrected chi connectivity index (χ4v) is 4.26. The molecule has 0 aromatic heterocycles. The van der Waals surface area contributed by atoms with Crippen LogP contribution in [-0.4, -0.2) is 36.2 Å². The Balaban J connectivity index is 2.62. The Hall–Kier alpha value is -1.60. The number of benzene rings is 1. The number of nitrogens with one attached hydrogen (secondary N) is 1. The molecule has 2 N–H and O–H groups in total. The van der Waals surface area contributed by atoms with Crippen LogP contribution in [0.3, 0.4) is 0 Å². The highest BCUT2D eigenvalue weighted by Gasteiger charge is 2.48. The minimum absolute atomic E-state index is 0.0121. The maximum Gasteiger partial charge on any atom is 0.224 e. The van der Waals surface area contributed by atoms with Crippen LogP contribution in [0, 0.1) is 5.82 Å². The average molecular weight is 328 g/mol. The number of phenolic OH excluding ortho intramolecular Hbond substituents is 1. The minimum atomic E-state index is -3.64. The second kappa shape index (κ2) is 4.96. The van der Waals surface area contributed by atoms with E-state index in [-0.39, 0.29) is 23.6 Å². The van der Waals surface area contributed by atoms with Crippen molar-refractivity contribution in [3.63, 3.8) is 0 Å². The molecule has 0 amide bonds. The monoisotopic (exact) mass is 328 g/mol. The molecule has 0 bridgehead atoms. The maximum absolute atomic E-state index is 14.2. The lowest BCUT2D eigenvalue weighted by Crippen LogP contribution is -2.46. The second-order valence-corrected chi connectivity index (χ2v) is 8.97. The number of rotatable bonds is 1. The van der Waals surface area contributed by atoms with E-state index in [1.807, 2.05) is 0 Å². The Bertz CT molecular complexity index is 730. The topological polar surface area (TPSA) is 69.6 Å². The molecular weight excluding hydrogens is 307 g/mol. The molecule has 1 saturated heterocycles. The molecule has 5 nitrogen and oxygen atoms in total. The SMILES string of the molecule is C=C1N[C@](C)(c2cc(O)ccc2F)CN(C)S(=O)(=O)C1(C)C. The first-order valence-electron chi connectivity index (χ1n) is 6.84. The van der Waals surface area contributed by atoms with Crippen LogP contribution in [0.15, 0.2) is 30.5 Å². The summed E-state index contributed by atoms with van der Waals surface area (Å²) in [5, 5.41) is 12.7. The molecule has 1 aromatic carbocycles. The third kappa shape index (κ3) is 2.38. The van der Waals surface area contributed by atoms with Crippen molar-refractivity contribution in [3.8, 4) is 5.75 Å². The van der Waals surface area contributed by atoms with Crippen molar-refractivity contribution >= 4 is 10.0 Å². The van der Waals surface area contributed by atoms with Gasteiger partial charge in [0.2, 0.25) is 10.0 Å². The quantitative estimate of drug-likeness (QED) is 0.826. The van der Waals surface area contributed by atoms with Gasteiger partial charge in [0, 0.05) is 24.9 Å². The Morgan fingerprint density at radius 1 is 1.36 bits per heavy atom. The number of hydrogen-bond donors (Lipinski definition) is 2. The van der Waals surface area contributed by atoms with Crippen molar-refractivity contribution in [3.05, 3.63) is 41.9 Å². The molecule has 1 fully saturated rings. The van der Waals surface area contributed by atoms with Crippen LogP contribution in [-0.2, 0) is 15.6 Å². The number of likely N-dealkylation sites (N-methyl/N-ethyl adjacent to an activating group) is 1. The third-order valence-electron chi connectivity index (χ3n) is 4.29. The number of halogens is 1. The van der Waals surface area contributed by atoms with Crippen molar-refractivity contribution in [2.24, 2.45) is 0 Å². The van der Waals surface area contributed by atoms with Crippen LogP contribution in [0.25, 0.3) is 0 Å². The highest BCUT2D eigenvalue weighted by atomic mass is 32.2. The van der Waals surface area contributed by atoms with E-state index < -0.39 is 26.1 Å². The van der Waals surface area contributed by atoms with E-state index in [0.29, 0.717) is 0 Å². The normalized spacial score (nSPS) is 28.0. The molecule has 1 aliphatic rings. The van der Waals surface area contributed by atoms with Gasteiger partial charge in [-0.1, -0.05) is 6.58 Å². The molecule has 122 valence electrons. The van der Waals surface area contributed by atoms with E-state index in [1.54, 1.807) is 20.8 Å². The van der Waals surface area contributed by atoms with E-state index >= 15 is 0 Å². The maximum atomic E-state index is 14.2. The number of aromatic hydroxyl groups is 1. The molecule has 2 rings (SSSR count). The van der Waals surface area contributed by atoms with Gasteiger partial charge in [-0.25, -0.2) is 17.1 Å². The van der Waals surface area contributed by atoms with Gasteiger partial charge in [0.1, 0.15) is 16.3 Å². The van der Waals surface area contributed by atoms with E-state index in [1.165, 1.54) is 23.5 Å². The summed E-state index contributed by atoms with van der Waals surface area (Å²) in [6.45, 7) is 8.63. The molecule has 1 heterocycles. The highest BCUT2D eigenvalue weighted by Crippen LogP contribution is 2.37. The Morgan fingerprint density at radius 3 is 2.55 bits per heavy atom. The van der Waals surface area contributed by atoms with Crippen molar-refractivity contribution in [2.75, 3.05) is 13.6 Å². The van der Waals surface area contributed by atoms with Gasteiger partial charge in [-0.15, -0.1) is 0 Å². The smallest absolute Gasteiger partial charge is 0.224 e. The van der Waals surface area contributed by atoms with Gasteiger partial charge in [0.05, 0.1) is 5.54 Å². The van der Waals surface area contributed by atoms with Crippen LogP contribution >= 0.6 is 0 Å². The zero-order valence-corrected chi connectivity index (χ0v) is 14.0. The molecule has 0 radical (unpaired) electrons. The number of hydrogen-bond acceptors (Lipinski definition) is 4. The summed E-state index contributed by atoms with van der Waals surface area (Å²) in [7, 11) is -2.19. The summed E-state index contributed by atoms with van der Waals surface area (Å²) in [5.74, 6) is -0.606. The lowest BCUT2D eigenvalue weighted by molar-refractivity contribution is 0.314. The molecule has 0 saturated carbocycles. The van der Waals surface area contributed by atoms with Gasteiger partial charge < -0.3 is 10.4 Å². The van der Waals surface area contributed by atoms with Crippen molar-refractivity contribution in [1.29, 1.82) is 0 Å². The third-order valence-corrected chi connectivity index (χ3v) is 6.78. The van der Waals surface area contributed by atoms with Gasteiger partial charge in [-0.2, -0.15) is 0 Å². The average Bonchev–Trinajstić information content (AvgIpc) is 2.43. The summed E-state index contributed by atoms with van der Waals surface area (Å²) < 4.78 is 39.4. The molecule has 0 unspecified atom stereocenters. The molecular formula is C15H21FN2O3S. The first-order valence-corrected chi connectivity index (χ1v) is 8.28. The van der Waals surface area contributed by atoms with Crippen molar-refractivity contribution < 1.29 is 17.9 Å². The number of phenols is 1. The van der Waals surface area contributed by atoms with Crippen LogP contribution < -0.4 is 5.32 Å². The molecule has 22 heavy (non-hydrogen) atoms. The van der Waals surface area contributed by atoms with Crippen molar-refractivity contribution in [2.45, 2.75) is 31.1 Å². The standard InChI is InChI=1S/C15H21FN2O3S/c1-10-14(2,3)22(20,21)18(5)9-15(4,17-10)12-8-11(19)6-7-13(12)16/h6-8,17,19H,1,9H2,2-5H3/t15-/m0/s1. The fourth-order valence-electron chi connectivity index (χ4n) is 2.69. The van der Waals surface area contributed by atoms with E-state index in [2.05, 4.69) is 11.9 Å². The molecule has 7 heteroatoms. The summed E-state index contributed by atoms with van der Waals surface area (Å²) in [4.78, 5) is 0. The first kappa shape index (κ1) is 16.8. The van der Waals surface area contributed by atoms with Crippen LogP contribution in [0.4, 0.5) is 4.39 Å². The first-order chi connectivity index (χ1) is 9.92. The van der Waals surface area contributed by atoms with Crippen LogP contribution in [0.5, 0.6) is 5.75 Å². The molecule has 1 aromatic rings. The molecule has 0 aliphatic carbocycles. The highest BCUT2D eigenvalue weighted by molar-refractivity contribution is 7.90. The summed E-state index contributed by atoms with van der Waals surface area (Å²) in [6.07, 6.45) is 0.